The number of carbonyl (C=O) groups excluding carboxylic acids is 1. The van der Waals surface area contributed by atoms with Crippen LogP contribution in [0.15, 0.2) is 0 Å². The van der Waals surface area contributed by atoms with Crippen LogP contribution in [0.25, 0.3) is 0 Å². The minimum Gasteiger partial charge on any atom is -0.375 e. The zero-order valence-corrected chi connectivity index (χ0v) is 12.4. The predicted molar refractivity (Wildman–Crippen MR) is 76.2 cm³/mol. The number of rotatable bonds is 2. The minimum atomic E-state index is 0.113. The lowest BCUT2D eigenvalue weighted by atomic mass is 9.80. The standard InChI is InChI=1S/C18H26O2/c19-17(16-14-11-3-4-12(9-11)15(14)16)13-5-8-20-18(10-13)6-1-2-7-18/h11-16H,1-10H2. The molecule has 0 aromatic heterocycles. The number of fused-ring (bicyclic) bond motifs is 5. The first-order chi connectivity index (χ1) is 9.77. The Bertz CT molecular complexity index is 421. The highest BCUT2D eigenvalue weighted by Crippen LogP contribution is 2.70. The number of Topliss-reactive ketones (excluding diaryl/α,β-unsaturated/α-hetero) is 1. The maximum absolute atomic E-state index is 13.0. The van der Waals surface area contributed by atoms with Crippen LogP contribution in [0.3, 0.4) is 0 Å². The number of ketones is 1. The molecule has 2 heteroatoms. The van der Waals surface area contributed by atoms with Crippen LogP contribution in [-0.2, 0) is 9.53 Å². The quantitative estimate of drug-likeness (QED) is 0.769. The minimum absolute atomic E-state index is 0.113. The Morgan fingerprint density at radius 2 is 1.70 bits per heavy atom. The van der Waals surface area contributed by atoms with Crippen LogP contribution in [0.4, 0.5) is 0 Å². The maximum atomic E-state index is 13.0. The summed E-state index contributed by atoms with van der Waals surface area (Å²) in [5.41, 5.74) is 0.113. The molecule has 0 aromatic rings. The van der Waals surface area contributed by atoms with Crippen LogP contribution < -0.4 is 0 Å². The highest BCUT2D eigenvalue weighted by Gasteiger charge is 2.67. The van der Waals surface area contributed by atoms with Crippen molar-refractivity contribution < 1.29 is 9.53 Å². The fourth-order valence-corrected chi connectivity index (χ4v) is 6.62. The van der Waals surface area contributed by atoms with E-state index in [-0.39, 0.29) is 5.60 Å². The predicted octanol–water partition coefficient (Wildman–Crippen LogP) is 3.59. The van der Waals surface area contributed by atoms with Crippen molar-refractivity contribution in [2.24, 2.45) is 35.5 Å². The molecule has 1 heterocycles. The smallest absolute Gasteiger partial charge is 0.139 e. The van der Waals surface area contributed by atoms with Gasteiger partial charge in [0.1, 0.15) is 5.78 Å². The molecule has 20 heavy (non-hydrogen) atoms. The summed E-state index contributed by atoms with van der Waals surface area (Å²) in [6, 6.07) is 0. The Hall–Kier alpha value is -0.370. The first-order valence-corrected chi connectivity index (χ1v) is 8.95. The van der Waals surface area contributed by atoms with Crippen molar-refractivity contribution in [3.8, 4) is 0 Å². The molecule has 4 aliphatic carbocycles. The molecule has 2 bridgehead atoms. The molecule has 0 aromatic carbocycles. The van der Waals surface area contributed by atoms with Gasteiger partial charge in [-0.25, -0.2) is 0 Å². The second-order valence-corrected chi connectivity index (χ2v) is 8.34. The largest absolute Gasteiger partial charge is 0.375 e. The zero-order valence-electron chi connectivity index (χ0n) is 12.4. The van der Waals surface area contributed by atoms with Crippen LogP contribution in [0.2, 0.25) is 0 Å². The molecule has 5 aliphatic rings. The number of hydrogen-bond acceptors (Lipinski definition) is 2. The van der Waals surface area contributed by atoms with Gasteiger partial charge in [0.15, 0.2) is 0 Å². The summed E-state index contributed by atoms with van der Waals surface area (Å²) in [7, 11) is 0. The molecule has 5 rings (SSSR count). The molecular weight excluding hydrogens is 248 g/mol. The van der Waals surface area contributed by atoms with Gasteiger partial charge in [-0.15, -0.1) is 0 Å². The highest BCUT2D eigenvalue weighted by atomic mass is 16.5. The third kappa shape index (κ3) is 1.58. The normalized spacial score (nSPS) is 51.4. The average molecular weight is 274 g/mol. The Kier molecular flexibility index (Phi) is 2.49. The van der Waals surface area contributed by atoms with E-state index in [4.69, 9.17) is 4.74 Å². The fraction of sp³-hybridized carbons (Fsp3) is 0.944. The van der Waals surface area contributed by atoms with Crippen molar-refractivity contribution in [3.05, 3.63) is 0 Å². The number of ether oxygens (including phenoxy) is 1. The molecule has 0 radical (unpaired) electrons. The third-order valence-electron chi connectivity index (χ3n) is 7.47. The SMILES string of the molecule is O=C(C1CCOC2(CCCC2)C1)C1C2C3CCC(C3)C12. The van der Waals surface area contributed by atoms with Gasteiger partial charge in [-0.3, -0.25) is 4.79 Å². The molecule has 0 amide bonds. The van der Waals surface area contributed by atoms with Gasteiger partial charge in [-0.05, 0) is 68.6 Å². The van der Waals surface area contributed by atoms with Gasteiger partial charge in [-0.1, -0.05) is 12.8 Å². The van der Waals surface area contributed by atoms with E-state index in [1.807, 2.05) is 0 Å². The Morgan fingerprint density at radius 3 is 2.40 bits per heavy atom. The Balaban J connectivity index is 1.30. The van der Waals surface area contributed by atoms with Crippen LogP contribution in [0.5, 0.6) is 0 Å². The third-order valence-corrected chi connectivity index (χ3v) is 7.47. The van der Waals surface area contributed by atoms with Crippen molar-refractivity contribution in [1.82, 2.24) is 0 Å². The molecule has 1 saturated heterocycles. The maximum Gasteiger partial charge on any atom is 0.139 e. The molecule has 0 N–H and O–H groups in total. The average Bonchev–Trinajstić information content (AvgIpc) is 2.83. The Morgan fingerprint density at radius 1 is 1.00 bits per heavy atom. The van der Waals surface area contributed by atoms with E-state index in [1.54, 1.807) is 0 Å². The van der Waals surface area contributed by atoms with Gasteiger partial charge >= 0.3 is 0 Å². The van der Waals surface area contributed by atoms with Gasteiger partial charge < -0.3 is 4.74 Å². The second-order valence-electron chi connectivity index (χ2n) is 8.34. The monoisotopic (exact) mass is 274 g/mol. The summed E-state index contributed by atoms with van der Waals surface area (Å²) in [6.07, 6.45) is 11.4. The number of hydrogen-bond donors (Lipinski definition) is 0. The van der Waals surface area contributed by atoms with E-state index in [0.717, 1.165) is 43.1 Å². The highest BCUT2D eigenvalue weighted by molar-refractivity contribution is 5.87. The van der Waals surface area contributed by atoms with E-state index < -0.39 is 0 Å². The van der Waals surface area contributed by atoms with E-state index in [2.05, 4.69) is 0 Å². The summed E-state index contributed by atoms with van der Waals surface area (Å²) in [5, 5.41) is 0. The molecule has 5 unspecified atom stereocenters. The lowest BCUT2D eigenvalue weighted by molar-refractivity contribution is -0.138. The summed E-state index contributed by atoms with van der Waals surface area (Å²) >= 11 is 0. The molecule has 110 valence electrons. The molecule has 1 spiro atoms. The van der Waals surface area contributed by atoms with E-state index in [1.165, 1.54) is 44.9 Å². The van der Waals surface area contributed by atoms with Crippen molar-refractivity contribution in [1.29, 1.82) is 0 Å². The van der Waals surface area contributed by atoms with Gasteiger partial charge in [0, 0.05) is 18.4 Å². The topological polar surface area (TPSA) is 26.3 Å². The van der Waals surface area contributed by atoms with Crippen LogP contribution in [0, 0.1) is 35.5 Å². The van der Waals surface area contributed by atoms with Gasteiger partial charge in [-0.2, -0.15) is 0 Å². The summed E-state index contributed by atoms with van der Waals surface area (Å²) in [5.74, 6) is 5.00. The molecule has 5 atom stereocenters. The van der Waals surface area contributed by atoms with Gasteiger partial charge in [0.05, 0.1) is 5.60 Å². The van der Waals surface area contributed by atoms with Crippen molar-refractivity contribution in [2.45, 2.75) is 63.4 Å². The molecule has 2 nitrogen and oxygen atoms in total. The van der Waals surface area contributed by atoms with Crippen molar-refractivity contribution in [3.63, 3.8) is 0 Å². The summed E-state index contributed by atoms with van der Waals surface area (Å²) in [4.78, 5) is 13.0. The van der Waals surface area contributed by atoms with Gasteiger partial charge in [0.2, 0.25) is 0 Å². The lowest BCUT2D eigenvalue weighted by Crippen LogP contribution is -2.40. The summed E-state index contributed by atoms with van der Waals surface area (Å²) < 4.78 is 6.10. The van der Waals surface area contributed by atoms with E-state index in [9.17, 15) is 4.79 Å². The number of carbonyl (C=O) groups is 1. The van der Waals surface area contributed by atoms with Crippen LogP contribution >= 0.6 is 0 Å². The fourth-order valence-electron chi connectivity index (χ4n) is 6.62. The molecular formula is C18H26O2. The zero-order chi connectivity index (χ0) is 13.3. The van der Waals surface area contributed by atoms with Gasteiger partial charge in [0.25, 0.3) is 0 Å². The second kappa shape index (κ2) is 4.09. The first-order valence-electron chi connectivity index (χ1n) is 8.95. The molecule has 1 aliphatic heterocycles. The Labute approximate surface area is 121 Å². The van der Waals surface area contributed by atoms with Crippen molar-refractivity contribution in [2.75, 3.05) is 6.61 Å². The van der Waals surface area contributed by atoms with Crippen LogP contribution in [-0.4, -0.2) is 18.0 Å². The van der Waals surface area contributed by atoms with E-state index >= 15 is 0 Å². The lowest BCUT2D eigenvalue weighted by Gasteiger charge is -2.38. The molecule has 4 saturated carbocycles. The van der Waals surface area contributed by atoms with Crippen LogP contribution in [0.1, 0.15) is 57.8 Å². The van der Waals surface area contributed by atoms with E-state index in [0.29, 0.717) is 17.6 Å². The summed E-state index contributed by atoms with van der Waals surface area (Å²) in [6.45, 7) is 0.839. The molecule has 5 fully saturated rings. The first kappa shape index (κ1) is 12.2. The van der Waals surface area contributed by atoms with Crippen molar-refractivity contribution >= 4 is 5.78 Å².